The van der Waals surface area contributed by atoms with Crippen LogP contribution in [-0.4, -0.2) is 23.1 Å². The second-order valence-electron chi connectivity index (χ2n) is 4.31. The first-order chi connectivity index (χ1) is 10.2. The molecule has 0 radical (unpaired) electrons. The molecule has 2 N–H and O–H groups in total. The molecule has 0 aliphatic carbocycles. The SMILES string of the molecule is CCNc1cc(NCc2cc(Br)cs2)nc(COCC)n1. The van der Waals surface area contributed by atoms with Gasteiger partial charge in [-0.1, -0.05) is 0 Å². The number of ether oxygens (including phenoxy) is 1. The number of nitrogens with zero attached hydrogens (tertiary/aromatic N) is 2. The van der Waals surface area contributed by atoms with Gasteiger partial charge in [-0.05, 0) is 35.8 Å². The van der Waals surface area contributed by atoms with Crippen LogP contribution < -0.4 is 10.6 Å². The zero-order chi connectivity index (χ0) is 15.1. The zero-order valence-corrected chi connectivity index (χ0v) is 14.6. The van der Waals surface area contributed by atoms with Crippen molar-refractivity contribution in [2.75, 3.05) is 23.8 Å². The molecule has 2 aromatic rings. The number of halogens is 1. The Morgan fingerprint density at radius 2 is 1.95 bits per heavy atom. The van der Waals surface area contributed by atoms with Crippen molar-refractivity contribution in [3.8, 4) is 0 Å². The quantitative estimate of drug-likeness (QED) is 0.738. The lowest BCUT2D eigenvalue weighted by molar-refractivity contribution is 0.128. The fraction of sp³-hybridized carbons (Fsp3) is 0.429. The van der Waals surface area contributed by atoms with Gasteiger partial charge < -0.3 is 15.4 Å². The fourth-order valence-electron chi connectivity index (χ4n) is 1.74. The Kier molecular flexibility index (Phi) is 6.41. The lowest BCUT2D eigenvalue weighted by atomic mass is 10.4. The van der Waals surface area contributed by atoms with Crippen molar-refractivity contribution in [3.05, 3.63) is 32.7 Å². The Labute approximate surface area is 137 Å². The van der Waals surface area contributed by atoms with Crippen LogP contribution in [0.2, 0.25) is 0 Å². The van der Waals surface area contributed by atoms with Crippen LogP contribution in [-0.2, 0) is 17.9 Å². The van der Waals surface area contributed by atoms with Gasteiger partial charge in [0, 0.05) is 33.9 Å². The molecule has 0 saturated heterocycles. The van der Waals surface area contributed by atoms with Crippen LogP contribution in [0.5, 0.6) is 0 Å². The van der Waals surface area contributed by atoms with E-state index in [-0.39, 0.29) is 0 Å². The summed E-state index contributed by atoms with van der Waals surface area (Å²) in [4.78, 5) is 10.2. The fourth-order valence-corrected chi connectivity index (χ4v) is 3.13. The van der Waals surface area contributed by atoms with E-state index >= 15 is 0 Å². The van der Waals surface area contributed by atoms with Crippen LogP contribution in [0.15, 0.2) is 22.0 Å². The molecule has 114 valence electrons. The number of rotatable bonds is 8. The van der Waals surface area contributed by atoms with E-state index < -0.39 is 0 Å². The predicted octanol–water partition coefficient (Wildman–Crippen LogP) is 3.88. The number of hydrogen-bond donors (Lipinski definition) is 2. The highest BCUT2D eigenvalue weighted by molar-refractivity contribution is 9.10. The monoisotopic (exact) mass is 370 g/mol. The lowest BCUT2D eigenvalue weighted by Crippen LogP contribution is -2.08. The summed E-state index contributed by atoms with van der Waals surface area (Å²) >= 11 is 5.17. The summed E-state index contributed by atoms with van der Waals surface area (Å²) in [6.45, 7) is 6.65. The van der Waals surface area contributed by atoms with Gasteiger partial charge in [0.1, 0.15) is 18.2 Å². The average Bonchev–Trinajstić information content (AvgIpc) is 2.89. The number of aromatic nitrogens is 2. The zero-order valence-electron chi connectivity index (χ0n) is 12.1. The van der Waals surface area contributed by atoms with E-state index in [1.807, 2.05) is 19.9 Å². The lowest BCUT2D eigenvalue weighted by Gasteiger charge is -2.10. The summed E-state index contributed by atoms with van der Waals surface area (Å²) in [6, 6.07) is 4.02. The van der Waals surface area contributed by atoms with Gasteiger partial charge in [0.05, 0.1) is 6.54 Å². The highest BCUT2D eigenvalue weighted by Gasteiger charge is 2.05. The molecule has 0 aromatic carbocycles. The van der Waals surface area contributed by atoms with Crippen molar-refractivity contribution in [1.29, 1.82) is 0 Å². The molecule has 2 heterocycles. The van der Waals surface area contributed by atoms with Crippen LogP contribution in [0.1, 0.15) is 24.5 Å². The second-order valence-corrected chi connectivity index (χ2v) is 6.22. The first kappa shape index (κ1) is 16.2. The molecule has 0 bridgehead atoms. The van der Waals surface area contributed by atoms with Crippen molar-refractivity contribution < 1.29 is 4.74 Å². The van der Waals surface area contributed by atoms with Crippen molar-refractivity contribution in [3.63, 3.8) is 0 Å². The van der Waals surface area contributed by atoms with Gasteiger partial charge in [-0.25, -0.2) is 9.97 Å². The van der Waals surface area contributed by atoms with E-state index in [0.717, 1.165) is 29.2 Å². The average molecular weight is 371 g/mol. The van der Waals surface area contributed by atoms with Crippen molar-refractivity contribution >= 4 is 38.9 Å². The summed E-state index contributed by atoms with van der Waals surface area (Å²) < 4.78 is 6.50. The summed E-state index contributed by atoms with van der Waals surface area (Å²) in [5.41, 5.74) is 0. The summed E-state index contributed by atoms with van der Waals surface area (Å²) in [5, 5.41) is 8.62. The standard InChI is InChI=1S/C14H19BrN4OS/c1-3-16-12-6-13(19-14(18-12)8-20-4-2)17-7-11-5-10(15)9-21-11/h5-6,9H,3-4,7-8H2,1-2H3,(H2,16,17,18,19). The maximum atomic E-state index is 5.39. The Hall–Kier alpha value is -1.18. The molecule has 21 heavy (non-hydrogen) atoms. The van der Waals surface area contributed by atoms with Crippen LogP contribution in [0, 0.1) is 0 Å². The first-order valence-corrected chi connectivity index (χ1v) is 8.55. The smallest absolute Gasteiger partial charge is 0.158 e. The molecular weight excluding hydrogens is 352 g/mol. The van der Waals surface area contributed by atoms with E-state index in [4.69, 9.17) is 4.74 Å². The minimum atomic E-state index is 0.426. The number of hydrogen-bond acceptors (Lipinski definition) is 6. The maximum Gasteiger partial charge on any atom is 0.158 e. The van der Waals surface area contributed by atoms with Gasteiger partial charge in [-0.2, -0.15) is 0 Å². The van der Waals surface area contributed by atoms with Gasteiger partial charge in [-0.15, -0.1) is 11.3 Å². The molecular formula is C14H19BrN4OS. The molecule has 0 atom stereocenters. The normalized spacial score (nSPS) is 10.6. The highest BCUT2D eigenvalue weighted by Crippen LogP contribution is 2.21. The molecule has 7 heteroatoms. The van der Waals surface area contributed by atoms with Crippen LogP contribution in [0.4, 0.5) is 11.6 Å². The molecule has 0 unspecified atom stereocenters. The third-order valence-corrected chi connectivity index (χ3v) is 4.33. The summed E-state index contributed by atoms with van der Waals surface area (Å²) in [6.07, 6.45) is 0. The Bertz CT molecular complexity index is 576. The molecule has 0 aliphatic rings. The Morgan fingerprint density at radius 3 is 2.57 bits per heavy atom. The van der Waals surface area contributed by atoms with Gasteiger partial charge >= 0.3 is 0 Å². The third-order valence-electron chi connectivity index (χ3n) is 2.63. The van der Waals surface area contributed by atoms with Crippen LogP contribution >= 0.6 is 27.3 Å². The Balaban J connectivity index is 2.07. The first-order valence-electron chi connectivity index (χ1n) is 6.87. The molecule has 0 amide bonds. The molecule has 0 saturated carbocycles. The summed E-state index contributed by atoms with van der Waals surface area (Å²) in [5.74, 6) is 2.31. The minimum absolute atomic E-state index is 0.426. The van der Waals surface area contributed by atoms with Gasteiger partial charge in [-0.3, -0.25) is 0 Å². The highest BCUT2D eigenvalue weighted by atomic mass is 79.9. The molecule has 0 aliphatic heterocycles. The van der Waals surface area contributed by atoms with Gasteiger partial charge in [0.15, 0.2) is 5.82 Å². The molecule has 0 fully saturated rings. The van der Waals surface area contributed by atoms with E-state index in [1.165, 1.54) is 4.88 Å². The number of thiophene rings is 1. The van der Waals surface area contributed by atoms with E-state index in [2.05, 4.69) is 48.0 Å². The van der Waals surface area contributed by atoms with Crippen LogP contribution in [0.25, 0.3) is 0 Å². The minimum Gasteiger partial charge on any atom is -0.374 e. The van der Waals surface area contributed by atoms with E-state index in [1.54, 1.807) is 11.3 Å². The largest absolute Gasteiger partial charge is 0.374 e. The molecule has 0 spiro atoms. The third kappa shape index (κ3) is 5.26. The summed E-state index contributed by atoms with van der Waals surface area (Å²) in [7, 11) is 0. The van der Waals surface area contributed by atoms with E-state index in [0.29, 0.717) is 19.0 Å². The molecule has 5 nitrogen and oxygen atoms in total. The predicted molar refractivity (Wildman–Crippen MR) is 90.9 cm³/mol. The maximum absolute atomic E-state index is 5.39. The van der Waals surface area contributed by atoms with Gasteiger partial charge in [0.25, 0.3) is 0 Å². The Morgan fingerprint density at radius 1 is 1.19 bits per heavy atom. The number of anilines is 2. The number of nitrogens with one attached hydrogen (secondary N) is 2. The van der Waals surface area contributed by atoms with Gasteiger partial charge in [0.2, 0.25) is 0 Å². The topological polar surface area (TPSA) is 59.1 Å². The second kappa shape index (κ2) is 8.31. The van der Waals surface area contributed by atoms with Crippen molar-refractivity contribution in [2.45, 2.75) is 27.0 Å². The molecule has 2 rings (SSSR count). The van der Waals surface area contributed by atoms with Crippen molar-refractivity contribution in [1.82, 2.24) is 9.97 Å². The van der Waals surface area contributed by atoms with E-state index in [9.17, 15) is 0 Å². The van der Waals surface area contributed by atoms with Crippen LogP contribution in [0.3, 0.4) is 0 Å². The van der Waals surface area contributed by atoms with Crippen molar-refractivity contribution in [2.24, 2.45) is 0 Å². The molecule has 2 aromatic heterocycles.